The number of nitrogens with one attached hydrogen (secondary N) is 2. The molecule has 0 spiro atoms. The average molecular weight is 580 g/mol. The lowest BCUT2D eigenvalue weighted by Crippen LogP contribution is -2.41. The molecule has 3 aromatic carbocycles. The first-order chi connectivity index (χ1) is 19.8. The molecular weight excluding hydrogens is 548 g/mol. The number of nitrogens with zero attached hydrogens (tertiary/aromatic N) is 1. The van der Waals surface area contributed by atoms with Crippen molar-refractivity contribution < 1.29 is 28.2 Å². The SMILES string of the molecule is CSCC[C@H](NC(=O)c1cc(COCC(c2ccc(F)cc2)c2ncc[nH]2)ccc1Cc1ccc(F)cc1)C(=O)O. The van der Waals surface area contributed by atoms with Crippen LogP contribution in [0.15, 0.2) is 79.1 Å². The van der Waals surface area contributed by atoms with E-state index in [0.717, 1.165) is 11.1 Å². The van der Waals surface area contributed by atoms with Crippen LogP contribution in [0.4, 0.5) is 8.78 Å². The van der Waals surface area contributed by atoms with E-state index in [1.807, 2.05) is 12.3 Å². The summed E-state index contributed by atoms with van der Waals surface area (Å²) in [5.74, 6) is -1.30. The zero-order chi connectivity index (χ0) is 29.2. The molecule has 0 saturated carbocycles. The number of ether oxygens (including phenoxy) is 1. The molecule has 0 saturated heterocycles. The van der Waals surface area contributed by atoms with E-state index in [1.54, 1.807) is 48.8 Å². The number of hydrogen-bond acceptors (Lipinski definition) is 5. The number of aliphatic carboxylic acids is 1. The van der Waals surface area contributed by atoms with Crippen LogP contribution in [0.2, 0.25) is 0 Å². The van der Waals surface area contributed by atoms with Crippen LogP contribution in [0.5, 0.6) is 0 Å². The Hall–Kier alpha value is -4.02. The van der Waals surface area contributed by atoms with Crippen molar-refractivity contribution >= 4 is 23.6 Å². The molecule has 0 radical (unpaired) electrons. The molecule has 2 atom stereocenters. The highest BCUT2D eigenvalue weighted by Crippen LogP contribution is 2.24. The van der Waals surface area contributed by atoms with Crippen molar-refractivity contribution in [2.75, 3.05) is 18.6 Å². The highest BCUT2D eigenvalue weighted by molar-refractivity contribution is 7.98. The van der Waals surface area contributed by atoms with Crippen molar-refractivity contribution in [3.8, 4) is 0 Å². The molecule has 41 heavy (non-hydrogen) atoms. The summed E-state index contributed by atoms with van der Waals surface area (Å²) in [4.78, 5) is 32.6. The second-order valence-corrected chi connectivity index (χ2v) is 10.5. The monoisotopic (exact) mass is 579 g/mol. The van der Waals surface area contributed by atoms with Gasteiger partial charge >= 0.3 is 5.97 Å². The lowest BCUT2D eigenvalue weighted by Gasteiger charge is -2.18. The standard InChI is InChI=1S/C31H31F2N3O4S/c1-41-15-12-28(31(38)39)36-30(37)26-17-21(2-5-23(26)16-20-3-8-24(32)9-4-20)18-40-19-27(29-34-13-14-35-29)22-6-10-25(33)11-7-22/h2-11,13-14,17,27-28H,12,15-16,18-19H2,1H3,(H,34,35)(H,36,37)(H,38,39)/t27?,28-/m0/s1. The first kappa shape index (κ1) is 30.0. The number of halogens is 2. The van der Waals surface area contributed by atoms with E-state index in [2.05, 4.69) is 15.3 Å². The number of carbonyl (C=O) groups is 2. The lowest BCUT2D eigenvalue weighted by atomic mass is 9.96. The fourth-order valence-electron chi connectivity index (χ4n) is 4.42. The molecule has 214 valence electrons. The molecule has 0 aliphatic rings. The Morgan fingerprint density at radius 2 is 1.71 bits per heavy atom. The minimum absolute atomic E-state index is 0.171. The summed E-state index contributed by atoms with van der Waals surface area (Å²) in [5, 5.41) is 12.3. The minimum Gasteiger partial charge on any atom is -0.480 e. The van der Waals surface area contributed by atoms with Crippen LogP contribution in [0, 0.1) is 11.6 Å². The number of aromatic amines is 1. The summed E-state index contributed by atoms with van der Waals surface area (Å²) in [6.07, 6.45) is 5.87. The Morgan fingerprint density at radius 1 is 1.02 bits per heavy atom. The van der Waals surface area contributed by atoms with Gasteiger partial charge in [-0.25, -0.2) is 18.6 Å². The summed E-state index contributed by atoms with van der Waals surface area (Å²) in [6, 6.07) is 16.5. The zero-order valence-electron chi connectivity index (χ0n) is 22.5. The van der Waals surface area contributed by atoms with Gasteiger partial charge in [0, 0.05) is 18.0 Å². The Labute approximate surface area is 241 Å². The molecule has 0 fully saturated rings. The van der Waals surface area contributed by atoms with E-state index in [1.165, 1.54) is 36.0 Å². The van der Waals surface area contributed by atoms with Gasteiger partial charge in [-0.05, 0) is 77.4 Å². The summed E-state index contributed by atoms with van der Waals surface area (Å²) < 4.78 is 33.0. The van der Waals surface area contributed by atoms with Gasteiger partial charge in [-0.2, -0.15) is 11.8 Å². The van der Waals surface area contributed by atoms with E-state index < -0.39 is 17.9 Å². The fourth-order valence-corrected chi connectivity index (χ4v) is 4.89. The van der Waals surface area contributed by atoms with Gasteiger partial charge in [0.25, 0.3) is 5.91 Å². The quantitative estimate of drug-likeness (QED) is 0.181. The van der Waals surface area contributed by atoms with Gasteiger partial charge in [0.1, 0.15) is 23.5 Å². The predicted octanol–water partition coefficient (Wildman–Crippen LogP) is 5.56. The summed E-state index contributed by atoms with van der Waals surface area (Å²) in [7, 11) is 0. The first-order valence-electron chi connectivity index (χ1n) is 13.1. The number of carboxylic acid groups (broad SMARTS) is 1. The van der Waals surface area contributed by atoms with Crippen LogP contribution >= 0.6 is 11.8 Å². The third-order valence-electron chi connectivity index (χ3n) is 6.62. The first-order valence-corrected chi connectivity index (χ1v) is 14.4. The van der Waals surface area contributed by atoms with Gasteiger partial charge < -0.3 is 20.1 Å². The molecule has 4 aromatic rings. The zero-order valence-corrected chi connectivity index (χ0v) is 23.3. The predicted molar refractivity (Wildman–Crippen MR) is 154 cm³/mol. The number of rotatable bonds is 14. The molecule has 1 heterocycles. The van der Waals surface area contributed by atoms with Crippen LogP contribution in [-0.2, 0) is 22.6 Å². The average Bonchev–Trinajstić information content (AvgIpc) is 3.50. The number of carboxylic acids is 1. The molecule has 1 amide bonds. The topological polar surface area (TPSA) is 104 Å². The minimum atomic E-state index is -1.10. The lowest BCUT2D eigenvalue weighted by molar-refractivity contribution is -0.139. The van der Waals surface area contributed by atoms with Crippen molar-refractivity contribution in [3.05, 3.63) is 124 Å². The molecular formula is C31H31F2N3O4S. The van der Waals surface area contributed by atoms with Gasteiger partial charge in [0.2, 0.25) is 0 Å². The number of hydrogen-bond donors (Lipinski definition) is 3. The van der Waals surface area contributed by atoms with E-state index in [4.69, 9.17) is 4.74 Å². The molecule has 4 rings (SSSR count). The number of carbonyl (C=O) groups excluding carboxylic acids is 1. The van der Waals surface area contributed by atoms with Gasteiger partial charge in [-0.1, -0.05) is 36.4 Å². The maximum atomic E-state index is 13.5. The number of H-pyrrole nitrogens is 1. The Morgan fingerprint density at radius 3 is 2.34 bits per heavy atom. The molecule has 1 unspecified atom stereocenters. The number of amides is 1. The smallest absolute Gasteiger partial charge is 0.326 e. The van der Waals surface area contributed by atoms with Gasteiger partial charge in [-0.15, -0.1) is 0 Å². The number of thioether (sulfide) groups is 1. The molecule has 0 aliphatic carbocycles. The summed E-state index contributed by atoms with van der Waals surface area (Å²) >= 11 is 1.50. The number of benzene rings is 3. The van der Waals surface area contributed by atoms with E-state index in [-0.39, 0.29) is 37.2 Å². The van der Waals surface area contributed by atoms with Crippen LogP contribution in [0.25, 0.3) is 0 Å². The van der Waals surface area contributed by atoms with Gasteiger partial charge in [0.15, 0.2) is 0 Å². The van der Waals surface area contributed by atoms with Crippen molar-refractivity contribution in [2.24, 2.45) is 0 Å². The molecule has 7 nitrogen and oxygen atoms in total. The van der Waals surface area contributed by atoms with Crippen LogP contribution in [-0.4, -0.2) is 51.6 Å². The maximum absolute atomic E-state index is 13.5. The molecule has 0 bridgehead atoms. The van der Waals surface area contributed by atoms with Crippen molar-refractivity contribution in [3.63, 3.8) is 0 Å². The Balaban J connectivity index is 1.54. The number of aromatic nitrogens is 2. The molecule has 0 aliphatic heterocycles. The summed E-state index contributed by atoms with van der Waals surface area (Å²) in [6.45, 7) is 0.415. The largest absolute Gasteiger partial charge is 0.480 e. The molecule has 1 aromatic heterocycles. The van der Waals surface area contributed by atoms with E-state index in [0.29, 0.717) is 34.7 Å². The Bertz CT molecular complexity index is 1430. The number of imidazole rings is 1. The van der Waals surface area contributed by atoms with Crippen LogP contribution in [0.3, 0.4) is 0 Å². The highest BCUT2D eigenvalue weighted by Gasteiger charge is 2.23. The fraction of sp³-hybridized carbons (Fsp3) is 0.258. The highest BCUT2D eigenvalue weighted by atomic mass is 32.2. The third kappa shape index (κ3) is 8.48. The second kappa shape index (κ2) is 14.6. The van der Waals surface area contributed by atoms with E-state index in [9.17, 15) is 23.5 Å². The van der Waals surface area contributed by atoms with Gasteiger partial charge in [-0.3, -0.25) is 4.79 Å². The van der Waals surface area contributed by atoms with Crippen molar-refractivity contribution in [1.82, 2.24) is 15.3 Å². The molecule has 10 heteroatoms. The van der Waals surface area contributed by atoms with Crippen LogP contribution < -0.4 is 5.32 Å². The molecule has 3 N–H and O–H groups in total. The second-order valence-electron chi connectivity index (χ2n) is 9.53. The third-order valence-corrected chi connectivity index (χ3v) is 7.26. The van der Waals surface area contributed by atoms with Gasteiger partial charge in [0.05, 0.1) is 19.1 Å². The van der Waals surface area contributed by atoms with Crippen molar-refractivity contribution in [2.45, 2.75) is 31.4 Å². The van der Waals surface area contributed by atoms with Crippen LogP contribution in [0.1, 0.15) is 50.8 Å². The maximum Gasteiger partial charge on any atom is 0.326 e. The van der Waals surface area contributed by atoms with Crippen molar-refractivity contribution in [1.29, 1.82) is 0 Å². The Kier molecular flexibility index (Phi) is 10.6. The summed E-state index contributed by atoms with van der Waals surface area (Å²) in [5.41, 5.74) is 3.35. The van der Waals surface area contributed by atoms with E-state index >= 15 is 0 Å². The normalized spacial score (nSPS) is 12.6.